The molecule has 0 aliphatic carbocycles. The molecule has 3 aromatic rings. The highest BCUT2D eigenvalue weighted by molar-refractivity contribution is 7.15. The number of H-pyrrole nitrogens is 1. The van der Waals surface area contributed by atoms with Gasteiger partial charge >= 0.3 is 5.97 Å². The first kappa shape index (κ1) is 17.5. The molecule has 8 nitrogen and oxygen atoms in total. The first-order valence-corrected chi connectivity index (χ1v) is 9.52. The number of likely N-dealkylation sites (tertiary alicyclic amines) is 1. The van der Waals surface area contributed by atoms with Crippen LogP contribution in [-0.4, -0.2) is 44.2 Å². The summed E-state index contributed by atoms with van der Waals surface area (Å²) in [5, 5.41) is 1.85. The number of aromatic nitrogens is 3. The van der Waals surface area contributed by atoms with Crippen molar-refractivity contribution in [2.24, 2.45) is 0 Å². The van der Waals surface area contributed by atoms with Crippen LogP contribution >= 0.6 is 11.3 Å². The second-order valence-electron chi connectivity index (χ2n) is 6.46. The maximum atomic E-state index is 12.3. The van der Waals surface area contributed by atoms with E-state index in [-0.39, 0.29) is 23.6 Å². The van der Waals surface area contributed by atoms with Gasteiger partial charge in [-0.25, -0.2) is 9.78 Å². The standard InChI is InChI=1S/C18H18N4O4S/c1-11-10-27-18-20-13(7-15(23)22(11)18)9-26-17(25)12-6-14(19-8-12)16(24)21-4-2-3-5-21/h6-8,10,19H,2-5,9H2,1H3. The summed E-state index contributed by atoms with van der Waals surface area (Å²) in [4.78, 5) is 46.2. The molecule has 0 bridgehead atoms. The van der Waals surface area contributed by atoms with Crippen LogP contribution in [0.5, 0.6) is 0 Å². The summed E-state index contributed by atoms with van der Waals surface area (Å²) in [5.41, 5.74) is 1.64. The third-order valence-electron chi connectivity index (χ3n) is 4.52. The molecule has 4 heterocycles. The maximum Gasteiger partial charge on any atom is 0.340 e. The third-order valence-corrected chi connectivity index (χ3v) is 5.47. The Bertz CT molecular complexity index is 1070. The normalized spacial score (nSPS) is 14.0. The first-order valence-electron chi connectivity index (χ1n) is 8.64. The monoisotopic (exact) mass is 386 g/mol. The number of aromatic amines is 1. The quantitative estimate of drug-likeness (QED) is 0.692. The summed E-state index contributed by atoms with van der Waals surface area (Å²) < 4.78 is 6.77. The van der Waals surface area contributed by atoms with E-state index in [4.69, 9.17) is 4.74 Å². The number of aryl methyl sites for hydroxylation is 1. The van der Waals surface area contributed by atoms with Gasteiger partial charge in [0.15, 0.2) is 4.96 Å². The molecule has 1 N–H and O–H groups in total. The Hall–Kier alpha value is -2.94. The topological polar surface area (TPSA) is 96.8 Å². The van der Waals surface area contributed by atoms with Crippen molar-refractivity contribution in [1.82, 2.24) is 19.3 Å². The molecule has 0 unspecified atom stereocenters. The molecule has 4 rings (SSSR count). The largest absolute Gasteiger partial charge is 0.456 e. The molecule has 0 aromatic carbocycles. The van der Waals surface area contributed by atoms with Gasteiger partial charge in [-0.05, 0) is 25.8 Å². The minimum absolute atomic E-state index is 0.109. The molecule has 3 aromatic heterocycles. The van der Waals surface area contributed by atoms with Crippen molar-refractivity contribution in [1.29, 1.82) is 0 Å². The Labute approximate surface area is 158 Å². The number of carbonyl (C=O) groups excluding carboxylic acids is 2. The molecule has 140 valence electrons. The van der Waals surface area contributed by atoms with Crippen LogP contribution in [0.3, 0.4) is 0 Å². The Morgan fingerprint density at radius 3 is 2.85 bits per heavy atom. The fraction of sp³-hybridized carbons (Fsp3) is 0.333. The predicted molar refractivity (Wildman–Crippen MR) is 99.1 cm³/mol. The van der Waals surface area contributed by atoms with Crippen LogP contribution in [0.4, 0.5) is 0 Å². The number of nitrogens with zero attached hydrogens (tertiary/aromatic N) is 3. The van der Waals surface area contributed by atoms with Crippen molar-refractivity contribution in [2.75, 3.05) is 13.1 Å². The Morgan fingerprint density at radius 2 is 2.07 bits per heavy atom. The molecule has 0 saturated carbocycles. The van der Waals surface area contributed by atoms with Gasteiger partial charge in [-0.15, -0.1) is 11.3 Å². The van der Waals surface area contributed by atoms with Crippen LogP contribution in [0.25, 0.3) is 4.96 Å². The lowest BCUT2D eigenvalue weighted by Gasteiger charge is -2.13. The van der Waals surface area contributed by atoms with Crippen molar-refractivity contribution in [2.45, 2.75) is 26.4 Å². The fourth-order valence-corrected chi connectivity index (χ4v) is 4.01. The van der Waals surface area contributed by atoms with E-state index in [1.807, 2.05) is 12.3 Å². The van der Waals surface area contributed by atoms with Crippen LogP contribution in [0.15, 0.2) is 28.5 Å². The Balaban J connectivity index is 1.44. The van der Waals surface area contributed by atoms with Crippen molar-refractivity contribution < 1.29 is 14.3 Å². The van der Waals surface area contributed by atoms with Gasteiger partial charge in [-0.3, -0.25) is 14.0 Å². The van der Waals surface area contributed by atoms with E-state index in [0.717, 1.165) is 31.6 Å². The number of esters is 1. The zero-order valence-electron chi connectivity index (χ0n) is 14.7. The van der Waals surface area contributed by atoms with Crippen LogP contribution in [0, 0.1) is 6.92 Å². The number of amides is 1. The molecule has 0 atom stereocenters. The van der Waals surface area contributed by atoms with Crippen LogP contribution in [0.1, 0.15) is 45.1 Å². The van der Waals surface area contributed by atoms with E-state index in [9.17, 15) is 14.4 Å². The SMILES string of the molecule is Cc1csc2nc(COC(=O)c3c[nH]c(C(=O)N4CCCC4)c3)cc(=O)n12. The van der Waals surface area contributed by atoms with E-state index in [1.54, 1.807) is 4.90 Å². The molecule has 27 heavy (non-hydrogen) atoms. The van der Waals surface area contributed by atoms with Crippen LogP contribution in [0.2, 0.25) is 0 Å². The second-order valence-corrected chi connectivity index (χ2v) is 7.29. The summed E-state index contributed by atoms with van der Waals surface area (Å²) in [6.45, 7) is 3.20. The summed E-state index contributed by atoms with van der Waals surface area (Å²) in [6, 6.07) is 2.86. The zero-order valence-corrected chi connectivity index (χ0v) is 15.5. The summed E-state index contributed by atoms with van der Waals surface area (Å²) in [6.07, 6.45) is 3.46. The van der Waals surface area contributed by atoms with E-state index in [2.05, 4.69) is 9.97 Å². The number of carbonyl (C=O) groups is 2. The lowest BCUT2D eigenvalue weighted by Crippen LogP contribution is -2.27. The van der Waals surface area contributed by atoms with Crippen LogP contribution in [-0.2, 0) is 11.3 Å². The van der Waals surface area contributed by atoms with E-state index < -0.39 is 5.97 Å². The van der Waals surface area contributed by atoms with E-state index in [1.165, 1.54) is 34.1 Å². The summed E-state index contributed by atoms with van der Waals surface area (Å²) in [5.74, 6) is -0.684. The number of rotatable bonds is 4. The van der Waals surface area contributed by atoms with Gasteiger partial charge in [0.05, 0.1) is 11.3 Å². The maximum absolute atomic E-state index is 12.3. The number of thiazole rings is 1. The van der Waals surface area contributed by atoms with Crippen molar-refractivity contribution >= 4 is 28.2 Å². The third kappa shape index (κ3) is 3.37. The second kappa shape index (κ2) is 6.99. The molecule has 1 aliphatic heterocycles. The molecule has 1 aliphatic rings. The smallest absolute Gasteiger partial charge is 0.340 e. The highest BCUT2D eigenvalue weighted by atomic mass is 32.1. The molecule has 1 saturated heterocycles. The van der Waals surface area contributed by atoms with Gasteiger partial charge in [-0.1, -0.05) is 0 Å². The summed E-state index contributed by atoms with van der Waals surface area (Å²) >= 11 is 1.36. The number of hydrogen-bond donors (Lipinski definition) is 1. The number of hydrogen-bond acceptors (Lipinski definition) is 6. The molecule has 0 radical (unpaired) electrons. The minimum Gasteiger partial charge on any atom is -0.456 e. The highest BCUT2D eigenvalue weighted by Gasteiger charge is 2.22. The molecular weight excluding hydrogens is 368 g/mol. The molecule has 1 fully saturated rings. The van der Waals surface area contributed by atoms with Gasteiger partial charge in [0.1, 0.15) is 12.3 Å². The fourth-order valence-electron chi connectivity index (χ4n) is 3.12. The molecule has 0 spiro atoms. The lowest BCUT2D eigenvalue weighted by atomic mass is 10.3. The highest BCUT2D eigenvalue weighted by Crippen LogP contribution is 2.15. The molecule has 9 heteroatoms. The van der Waals surface area contributed by atoms with Crippen molar-refractivity contribution in [3.63, 3.8) is 0 Å². The van der Waals surface area contributed by atoms with Gasteiger partial charge in [0.25, 0.3) is 11.5 Å². The predicted octanol–water partition coefficient (Wildman–Crippen LogP) is 1.99. The Kier molecular flexibility index (Phi) is 4.53. The number of fused-ring (bicyclic) bond motifs is 1. The number of nitrogens with one attached hydrogen (secondary N) is 1. The zero-order chi connectivity index (χ0) is 19.0. The van der Waals surface area contributed by atoms with E-state index >= 15 is 0 Å². The molecule has 1 amide bonds. The average molecular weight is 386 g/mol. The summed E-state index contributed by atoms with van der Waals surface area (Å²) in [7, 11) is 0. The van der Waals surface area contributed by atoms with Gasteiger partial charge in [-0.2, -0.15) is 0 Å². The van der Waals surface area contributed by atoms with E-state index in [0.29, 0.717) is 16.3 Å². The lowest BCUT2D eigenvalue weighted by molar-refractivity contribution is 0.0468. The van der Waals surface area contributed by atoms with Crippen molar-refractivity contribution in [3.05, 3.63) is 56.7 Å². The minimum atomic E-state index is -0.573. The average Bonchev–Trinajstić information content (AvgIpc) is 3.40. The van der Waals surface area contributed by atoms with Gasteiger partial charge in [0.2, 0.25) is 0 Å². The van der Waals surface area contributed by atoms with Gasteiger partial charge in [0, 0.05) is 36.4 Å². The van der Waals surface area contributed by atoms with Crippen LogP contribution < -0.4 is 5.56 Å². The Morgan fingerprint density at radius 1 is 1.30 bits per heavy atom. The van der Waals surface area contributed by atoms with Crippen molar-refractivity contribution in [3.8, 4) is 0 Å². The number of ether oxygens (including phenoxy) is 1. The van der Waals surface area contributed by atoms with Gasteiger partial charge < -0.3 is 14.6 Å². The molecular formula is C18H18N4O4S. The first-order chi connectivity index (χ1) is 13.0.